The van der Waals surface area contributed by atoms with Crippen LogP contribution in [-0.4, -0.2) is 22.2 Å². The number of imidazole rings is 1. The first-order chi connectivity index (χ1) is 12.0. The first-order valence-electron chi connectivity index (χ1n) is 7.95. The lowest BCUT2D eigenvalue weighted by Crippen LogP contribution is -2.31. The molecular weight excluding hydrogens is 410 g/mol. The summed E-state index contributed by atoms with van der Waals surface area (Å²) < 4.78 is 28.6. The van der Waals surface area contributed by atoms with Gasteiger partial charge in [0.2, 0.25) is 0 Å². The predicted octanol–water partition coefficient (Wildman–Crippen LogP) is 4.61. The molecule has 134 valence electrons. The first-order valence-corrected chi connectivity index (χ1v) is 9.56. The summed E-state index contributed by atoms with van der Waals surface area (Å²) in [5.41, 5.74) is 11.9. The van der Waals surface area contributed by atoms with Gasteiger partial charge in [0.25, 0.3) is 6.43 Å². The normalized spacial score (nSPS) is 12.9. The summed E-state index contributed by atoms with van der Waals surface area (Å²) in [6.45, 7) is 2.38. The van der Waals surface area contributed by atoms with E-state index in [0.717, 1.165) is 39.2 Å². The number of halogens is 3. The Kier molecular flexibility index (Phi) is 5.71. The number of para-hydroxylation sites is 2. The third-order valence-electron chi connectivity index (χ3n) is 4.12. The Morgan fingerprint density at radius 2 is 2.12 bits per heavy atom. The van der Waals surface area contributed by atoms with E-state index in [1.54, 1.807) is 6.33 Å². The van der Waals surface area contributed by atoms with Crippen LogP contribution < -0.4 is 11.2 Å². The van der Waals surface area contributed by atoms with Crippen LogP contribution in [-0.2, 0) is 6.42 Å². The summed E-state index contributed by atoms with van der Waals surface area (Å²) in [7, 11) is 0. The van der Waals surface area contributed by atoms with Gasteiger partial charge in [0.1, 0.15) is 6.33 Å². The summed E-state index contributed by atoms with van der Waals surface area (Å²) in [6, 6.07) is 7.85. The van der Waals surface area contributed by atoms with Gasteiger partial charge in [-0.1, -0.05) is 12.1 Å². The molecule has 3 N–H and O–H groups in total. The molecule has 0 aliphatic heterocycles. The molecule has 0 saturated carbocycles. The fourth-order valence-electron chi connectivity index (χ4n) is 2.79. The zero-order valence-electron chi connectivity index (χ0n) is 13.7. The molecule has 0 bridgehead atoms. The van der Waals surface area contributed by atoms with Crippen molar-refractivity contribution in [3.63, 3.8) is 0 Å². The molecule has 1 aromatic carbocycles. The molecule has 3 aromatic rings. The summed E-state index contributed by atoms with van der Waals surface area (Å²) in [4.78, 5) is 5.40. The Hall–Kier alpha value is -1.51. The van der Waals surface area contributed by atoms with Crippen LogP contribution >= 0.6 is 27.3 Å². The van der Waals surface area contributed by atoms with Crippen molar-refractivity contribution in [3.05, 3.63) is 50.4 Å². The Morgan fingerprint density at radius 1 is 1.36 bits per heavy atom. The Balaban J connectivity index is 1.83. The second-order valence-electron chi connectivity index (χ2n) is 5.84. The number of alkyl halides is 2. The van der Waals surface area contributed by atoms with Crippen molar-refractivity contribution in [1.29, 1.82) is 0 Å². The Bertz CT molecular complexity index is 862. The van der Waals surface area contributed by atoms with Gasteiger partial charge >= 0.3 is 0 Å². The lowest BCUT2D eigenvalue weighted by Gasteiger charge is -2.20. The second kappa shape index (κ2) is 7.80. The van der Waals surface area contributed by atoms with Crippen LogP contribution in [0.25, 0.3) is 11.0 Å². The van der Waals surface area contributed by atoms with Crippen LogP contribution in [0.3, 0.4) is 0 Å². The molecule has 3 rings (SSSR count). The zero-order chi connectivity index (χ0) is 18.0. The molecule has 1 unspecified atom stereocenters. The largest absolute Gasteiger partial charge is 0.330 e. The maximum atomic E-state index is 13.1. The molecule has 0 spiro atoms. The minimum atomic E-state index is -2.47. The lowest BCUT2D eigenvalue weighted by atomic mass is 10.1. The Morgan fingerprint density at radius 3 is 2.80 bits per heavy atom. The van der Waals surface area contributed by atoms with Crippen LogP contribution in [0.1, 0.15) is 28.2 Å². The smallest absolute Gasteiger partial charge is 0.273 e. The third kappa shape index (κ3) is 3.86. The van der Waals surface area contributed by atoms with Crippen molar-refractivity contribution in [2.75, 3.05) is 12.0 Å². The summed E-state index contributed by atoms with van der Waals surface area (Å²) >= 11 is 4.46. The van der Waals surface area contributed by atoms with Gasteiger partial charge in [-0.3, -0.25) is 0 Å². The molecule has 0 aliphatic carbocycles. The number of benzene rings is 1. The molecule has 1 atom stereocenters. The molecule has 0 radical (unpaired) electrons. The average Bonchev–Trinajstić information content (AvgIpc) is 3.12. The monoisotopic (exact) mass is 428 g/mol. The van der Waals surface area contributed by atoms with Crippen molar-refractivity contribution >= 4 is 38.3 Å². The predicted molar refractivity (Wildman–Crippen MR) is 102 cm³/mol. The van der Waals surface area contributed by atoms with Crippen LogP contribution in [0.2, 0.25) is 0 Å². The van der Waals surface area contributed by atoms with E-state index in [9.17, 15) is 8.78 Å². The molecule has 0 fully saturated rings. The molecule has 4 nitrogen and oxygen atoms in total. The highest BCUT2D eigenvalue weighted by Crippen LogP contribution is 2.39. The van der Waals surface area contributed by atoms with Crippen LogP contribution in [0.5, 0.6) is 0 Å². The minimum Gasteiger partial charge on any atom is -0.330 e. The SMILES string of the molecule is Cc1c(CC(CCN)Nn2cnc3ccccc32)sc(C(F)F)c1Br. The fraction of sp³-hybridized carbons (Fsp3) is 0.353. The number of hydrogen-bond acceptors (Lipinski definition) is 4. The second-order valence-corrected chi connectivity index (χ2v) is 7.77. The van der Waals surface area contributed by atoms with Crippen molar-refractivity contribution in [1.82, 2.24) is 9.66 Å². The topological polar surface area (TPSA) is 55.9 Å². The highest BCUT2D eigenvalue weighted by molar-refractivity contribution is 9.10. The number of hydrogen-bond donors (Lipinski definition) is 2. The number of aromatic nitrogens is 2. The average molecular weight is 429 g/mol. The van der Waals surface area contributed by atoms with Crippen molar-refractivity contribution in [3.8, 4) is 0 Å². The van der Waals surface area contributed by atoms with Gasteiger partial charge in [-0.15, -0.1) is 11.3 Å². The van der Waals surface area contributed by atoms with E-state index < -0.39 is 6.43 Å². The number of thiophene rings is 1. The molecule has 2 heterocycles. The van der Waals surface area contributed by atoms with Crippen molar-refractivity contribution in [2.45, 2.75) is 32.2 Å². The van der Waals surface area contributed by atoms with E-state index in [1.807, 2.05) is 35.9 Å². The Labute approximate surface area is 157 Å². The summed E-state index contributed by atoms with van der Waals surface area (Å²) in [5.74, 6) is 0. The standard InChI is InChI=1S/C17H19BrF2N4S/c1-10-14(25-16(15(10)18)17(19)20)8-11(6-7-21)23-24-9-22-12-4-2-3-5-13(12)24/h2-5,9,11,17,23H,6-8,21H2,1H3. The highest BCUT2D eigenvalue weighted by atomic mass is 79.9. The zero-order valence-corrected chi connectivity index (χ0v) is 16.1. The highest BCUT2D eigenvalue weighted by Gasteiger charge is 2.22. The van der Waals surface area contributed by atoms with E-state index in [1.165, 1.54) is 0 Å². The number of nitrogens with one attached hydrogen (secondary N) is 1. The number of nitrogens with zero attached hydrogens (tertiary/aromatic N) is 2. The molecule has 2 aromatic heterocycles. The van der Waals surface area contributed by atoms with Gasteiger partial charge in [0.05, 0.1) is 15.9 Å². The van der Waals surface area contributed by atoms with E-state index in [4.69, 9.17) is 5.73 Å². The van der Waals surface area contributed by atoms with E-state index in [2.05, 4.69) is 26.3 Å². The lowest BCUT2D eigenvalue weighted by molar-refractivity contribution is 0.155. The van der Waals surface area contributed by atoms with Gasteiger partial charge < -0.3 is 11.2 Å². The van der Waals surface area contributed by atoms with E-state index in [-0.39, 0.29) is 10.9 Å². The summed E-state index contributed by atoms with van der Waals surface area (Å²) in [5, 5.41) is 0. The minimum absolute atomic E-state index is 0.0254. The van der Waals surface area contributed by atoms with Gasteiger partial charge in [-0.25, -0.2) is 18.4 Å². The molecule has 0 saturated heterocycles. The maximum Gasteiger partial charge on any atom is 0.273 e. The van der Waals surface area contributed by atoms with Gasteiger partial charge in [0, 0.05) is 21.8 Å². The first kappa shape index (κ1) is 18.3. The van der Waals surface area contributed by atoms with Crippen LogP contribution in [0, 0.1) is 6.92 Å². The quantitative estimate of drug-likeness (QED) is 0.577. The molecular formula is C17H19BrF2N4S. The fourth-order valence-corrected chi connectivity index (χ4v) is 4.72. The molecule has 25 heavy (non-hydrogen) atoms. The molecule has 8 heteroatoms. The number of nitrogens with two attached hydrogens (primary N) is 1. The molecule has 0 aliphatic rings. The van der Waals surface area contributed by atoms with Gasteiger partial charge in [0.15, 0.2) is 0 Å². The van der Waals surface area contributed by atoms with Crippen molar-refractivity contribution < 1.29 is 8.78 Å². The van der Waals surface area contributed by atoms with Crippen molar-refractivity contribution in [2.24, 2.45) is 5.73 Å². The third-order valence-corrected chi connectivity index (χ3v) is 6.72. The number of fused-ring (bicyclic) bond motifs is 1. The van der Waals surface area contributed by atoms with Gasteiger partial charge in [-0.05, 0) is 53.5 Å². The maximum absolute atomic E-state index is 13.1. The van der Waals surface area contributed by atoms with E-state index >= 15 is 0 Å². The molecule has 0 amide bonds. The summed E-state index contributed by atoms with van der Waals surface area (Å²) in [6.07, 6.45) is 0.623. The van der Waals surface area contributed by atoms with Crippen LogP contribution in [0.15, 0.2) is 35.1 Å². The van der Waals surface area contributed by atoms with Gasteiger partial charge in [-0.2, -0.15) is 0 Å². The number of rotatable bonds is 7. The van der Waals surface area contributed by atoms with Crippen LogP contribution in [0.4, 0.5) is 8.78 Å². The van der Waals surface area contributed by atoms with E-state index in [0.29, 0.717) is 17.4 Å².